The quantitative estimate of drug-likeness (QED) is 0.176. The van der Waals surface area contributed by atoms with Crippen LogP contribution < -0.4 is 0 Å². The molecular formula is C36H46N6O4S2. The Morgan fingerprint density at radius 1 is 0.917 bits per heavy atom. The molecule has 5 aromatic rings. The second-order valence-electron chi connectivity index (χ2n) is 14.6. The molecule has 256 valence electrons. The van der Waals surface area contributed by atoms with Crippen LogP contribution in [0.25, 0.3) is 41.3 Å². The van der Waals surface area contributed by atoms with Gasteiger partial charge in [-0.15, -0.1) is 22.7 Å². The molecule has 48 heavy (non-hydrogen) atoms. The number of amides is 2. The van der Waals surface area contributed by atoms with Crippen molar-refractivity contribution in [2.75, 3.05) is 13.1 Å². The summed E-state index contributed by atoms with van der Waals surface area (Å²) in [5, 5.41) is 2.47. The number of imidazole rings is 2. The number of thiophene rings is 2. The second-order valence-corrected chi connectivity index (χ2v) is 16.7. The topological polar surface area (TPSA) is 116 Å². The van der Waals surface area contributed by atoms with E-state index in [0.29, 0.717) is 19.6 Å². The fourth-order valence-corrected chi connectivity index (χ4v) is 8.60. The van der Waals surface area contributed by atoms with Crippen molar-refractivity contribution in [1.82, 2.24) is 29.7 Å². The normalized spacial score (nSPS) is 15.5. The largest absolute Gasteiger partial charge is 0.444 e. The smallest absolute Gasteiger partial charge is 0.410 e. The lowest BCUT2D eigenvalue weighted by Gasteiger charge is -2.27. The Labute approximate surface area is 289 Å². The first-order valence-electron chi connectivity index (χ1n) is 16.6. The summed E-state index contributed by atoms with van der Waals surface area (Å²) in [5.74, 6) is 1.53. The SMILES string of the molecule is CCCN(Cc1ncc(-c2cc3c(C)c4sc(-c5cnc([C@@H]6CCCN6C(=O)OC(C)(C)C)[nH]5)cc4c(C)c3s2)[nH]1)C(=O)OC(C)(C)C. The van der Waals surface area contributed by atoms with Gasteiger partial charge in [-0.05, 0) is 109 Å². The minimum atomic E-state index is -0.555. The van der Waals surface area contributed by atoms with E-state index in [2.05, 4.69) is 40.9 Å². The van der Waals surface area contributed by atoms with Gasteiger partial charge in [-0.3, -0.25) is 4.90 Å². The summed E-state index contributed by atoms with van der Waals surface area (Å²) in [5.41, 5.74) is 3.29. The molecule has 4 aromatic heterocycles. The fourth-order valence-electron chi connectivity index (χ4n) is 6.21. The van der Waals surface area contributed by atoms with Gasteiger partial charge in [0.2, 0.25) is 0 Å². The Morgan fingerprint density at radius 2 is 1.50 bits per heavy atom. The van der Waals surface area contributed by atoms with Gasteiger partial charge in [-0.25, -0.2) is 19.6 Å². The summed E-state index contributed by atoms with van der Waals surface area (Å²) in [7, 11) is 0. The van der Waals surface area contributed by atoms with Crippen molar-refractivity contribution in [2.45, 2.75) is 105 Å². The first-order valence-corrected chi connectivity index (χ1v) is 18.3. The zero-order valence-corrected chi connectivity index (χ0v) is 31.0. The van der Waals surface area contributed by atoms with Gasteiger partial charge in [-0.2, -0.15) is 0 Å². The number of nitrogens with one attached hydrogen (secondary N) is 2. The number of aromatic amines is 2. The maximum Gasteiger partial charge on any atom is 0.410 e. The van der Waals surface area contributed by atoms with E-state index >= 15 is 0 Å². The van der Waals surface area contributed by atoms with E-state index in [-0.39, 0.29) is 18.2 Å². The Kier molecular flexibility index (Phi) is 9.10. The third kappa shape index (κ3) is 6.96. The lowest BCUT2D eigenvalue weighted by Crippen LogP contribution is -2.37. The third-order valence-electron chi connectivity index (χ3n) is 8.39. The Balaban J connectivity index is 1.24. The van der Waals surface area contributed by atoms with E-state index in [4.69, 9.17) is 14.5 Å². The van der Waals surface area contributed by atoms with Crippen LogP contribution in [0.3, 0.4) is 0 Å². The highest BCUT2D eigenvalue weighted by Crippen LogP contribution is 2.45. The molecule has 6 rings (SSSR count). The number of ether oxygens (including phenoxy) is 2. The van der Waals surface area contributed by atoms with Gasteiger partial charge in [0.05, 0.1) is 46.1 Å². The summed E-state index contributed by atoms with van der Waals surface area (Å²) in [6.45, 7) is 19.4. The molecule has 2 amide bonds. The van der Waals surface area contributed by atoms with Crippen molar-refractivity contribution < 1.29 is 19.1 Å². The van der Waals surface area contributed by atoms with Crippen LogP contribution in [0.5, 0.6) is 0 Å². The molecule has 10 nitrogen and oxygen atoms in total. The maximum absolute atomic E-state index is 12.9. The van der Waals surface area contributed by atoms with Gasteiger partial charge < -0.3 is 24.3 Å². The summed E-state index contributed by atoms with van der Waals surface area (Å²) < 4.78 is 13.8. The molecule has 0 saturated carbocycles. The number of rotatable bonds is 7. The van der Waals surface area contributed by atoms with E-state index < -0.39 is 11.2 Å². The third-order valence-corrected chi connectivity index (χ3v) is 11.0. The molecular weight excluding hydrogens is 645 g/mol. The molecule has 12 heteroatoms. The maximum atomic E-state index is 12.9. The number of carbonyl (C=O) groups excluding carboxylic acids is 2. The van der Waals surface area contributed by atoms with Crippen LogP contribution in [-0.2, 0) is 16.0 Å². The number of likely N-dealkylation sites (tertiary alicyclic amines) is 1. The fraction of sp³-hybridized carbons (Fsp3) is 0.500. The molecule has 1 aromatic carbocycles. The van der Waals surface area contributed by atoms with Crippen LogP contribution in [0.4, 0.5) is 9.59 Å². The second kappa shape index (κ2) is 12.9. The number of aromatic nitrogens is 4. The van der Waals surface area contributed by atoms with Crippen LogP contribution >= 0.6 is 22.7 Å². The van der Waals surface area contributed by atoms with Crippen molar-refractivity contribution in [3.8, 4) is 21.1 Å². The molecule has 1 fully saturated rings. The van der Waals surface area contributed by atoms with Gasteiger partial charge >= 0.3 is 12.2 Å². The first kappa shape index (κ1) is 34.0. The number of benzene rings is 1. The summed E-state index contributed by atoms with van der Waals surface area (Å²) in [6, 6.07) is 4.38. The first-order chi connectivity index (χ1) is 22.6. The van der Waals surface area contributed by atoms with Crippen molar-refractivity contribution in [3.63, 3.8) is 0 Å². The number of carbonyl (C=O) groups is 2. The summed E-state index contributed by atoms with van der Waals surface area (Å²) in [4.78, 5) is 47.8. The number of hydrogen-bond acceptors (Lipinski definition) is 8. The van der Waals surface area contributed by atoms with Crippen LogP contribution in [0, 0.1) is 13.8 Å². The molecule has 0 spiro atoms. The van der Waals surface area contributed by atoms with Gasteiger partial charge in [0.15, 0.2) is 0 Å². The van der Waals surface area contributed by atoms with E-state index in [9.17, 15) is 9.59 Å². The molecule has 1 aliphatic rings. The average molecular weight is 691 g/mol. The Morgan fingerprint density at radius 3 is 2.08 bits per heavy atom. The van der Waals surface area contributed by atoms with E-state index in [1.807, 2.05) is 60.9 Å². The molecule has 5 heterocycles. The van der Waals surface area contributed by atoms with Crippen molar-refractivity contribution >= 4 is 55.0 Å². The Hall–Kier alpha value is -3.90. The van der Waals surface area contributed by atoms with Crippen LogP contribution in [0.1, 0.15) is 96.5 Å². The summed E-state index contributed by atoms with van der Waals surface area (Å²) in [6.07, 6.45) is 5.72. The number of aryl methyl sites for hydroxylation is 2. The summed E-state index contributed by atoms with van der Waals surface area (Å²) >= 11 is 3.52. The Bertz CT molecular complexity index is 1910. The van der Waals surface area contributed by atoms with E-state index in [1.165, 1.54) is 31.3 Å². The highest BCUT2D eigenvalue weighted by atomic mass is 32.1. The minimum Gasteiger partial charge on any atom is -0.444 e. The van der Waals surface area contributed by atoms with Crippen LogP contribution in [0.2, 0.25) is 0 Å². The molecule has 0 radical (unpaired) electrons. The zero-order chi connectivity index (χ0) is 34.5. The molecule has 1 atom stereocenters. The zero-order valence-electron chi connectivity index (χ0n) is 29.4. The monoisotopic (exact) mass is 690 g/mol. The van der Waals surface area contributed by atoms with Gasteiger partial charge in [0, 0.05) is 22.5 Å². The number of hydrogen-bond donors (Lipinski definition) is 2. The van der Waals surface area contributed by atoms with Crippen molar-refractivity contribution in [2.24, 2.45) is 0 Å². The number of nitrogens with zero attached hydrogens (tertiary/aromatic N) is 4. The predicted molar refractivity (Wildman–Crippen MR) is 194 cm³/mol. The molecule has 1 saturated heterocycles. The molecule has 0 bridgehead atoms. The molecule has 0 aliphatic carbocycles. The lowest BCUT2D eigenvalue weighted by atomic mass is 10.0. The van der Waals surface area contributed by atoms with Gasteiger partial charge in [0.25, 0.3) is 0 Å². The highest BCUT2D eigenvalue weighted by Gasteiger charge is 2.35. The van der Waals surface area contributed by atoms with E-state index in [1.54, 1.807) is 32.5 Å². The standard InChI is InChI=1S/C36H46N6O4S2/c1-10-13-41(33(43)45-35(4,5)6)19-29-37-17-24(39-29)27-15-22-20(2)31-23(21(3)30(22)47-27)16-28(48-31)25-18-38-32(40-25)26-12-11-14-42(26)34(44)46-36(7,8)9/h15-18,26H,10-14,19H2,1-9H3,(H,37,39)(H,38,40)/t26-/m0/s1. The number of H-pyrrole nitrogens is 2. The van der Waals surface area contributed by atoms with E-state index in [0.717, 1.165) is 52.1 Å². The predicted octanol–water partition coefficient (Wildman–Crippen LogP) is 9.73. The van der Waals surface area contributed by atoms with Gasteiger partial charge in [0.1, 0.15) is 22.9 Å². The number of fused-ring (bicyclic) bond motifs is 2. The molecule has 1 aliphatic heterocycles. The lowest BCUT2D eigenvalue weighted by molar-refractivity contribution is 0.0212. The van der Waals surface area contributed by atoms with Crippen LogP contribution in [-0.4, -0.2) is 66.2 Å². The van der Waals surface area contributed by atoms with Crippen molar-refractivity contribution in [1.29, 1.82) is 0 Å². The van der Waals surface area contributed by atoms with Crippen molar-refractivity contribution in [3.05, 3.63) is 47.3 Å². The average Bonchev–Trinajstić information content (AvgIpc) is 3.82. The highest BCUT2D eigenvalue weighted by molar-refractivity contribution is 7.24. The molecule has 0 unspecified atom stereocenters. The molecule has 2 N–H and O–H groups in total. The van der Waals surface area contributed by atoms with Crippen LogP contribution in [0.15, 0.2) is 24.5 Å². The van der Waals surface area contributed by atoms with Gasteiger partial charge in [-0.1, -0.05) is 6.92 Å². The minimum absolute atomic E-state index is 0.120.